The number of rotatable bonds is 3. The highest BCUT2D eigenvalue weighted by molar-refractivity contribution is 5.51. The van der Waals surface area contributed by atoms with Gasteiger partial charge in [0.1, 0.15) is 5.69 Å². The van der Waals surface area contributed by atoms with Gasteiger partial charge in [-0.15, -0.1) is 0 Å². The molecule has 21 heavy (non-hydrogen) atoms. The third kappa shape index (κ3) is 3.12. The van der Waals surface area contributed by atoms with E-state index in [2.05, 4.69) is 5.32 Å². The molecule has 0 amide bonds. The molecule has 1 unspecified atom stereocenters. The molecule has 1 fully saturated rings. The molecule has 0 bridgehead atoms. The van der Waals surface area contributed by atoms with Crippen LogP contribution in [0.1, 0.15) is 20.3 Å². The van der Waals surface area contributed by atoms with Gasteiger partial charge in [0.15, 0.2) is 23.3 Å². The lowest BCUT2D eigenvalue weighted by molar-refractivity contribution is 0.361. The van der Waals surface area contributed by atoms with Crippen molar-refractivity contribution in [2.24, 2.45) is 5.92 Å². The van der Waals surface area contributed by atoms with Crippen molar-refractivity contribution in [2.75, 3.05) is 24.5 Å². The maximum Gasteiger partial charge on any atom is 0.200 e. The Morgan fingerprint density at radius 2 is 1.52 bits per heavy atom. The Balaban J connectivity index is 2.33. The Morgan fingerprint density at radius 1 is 1.00 bits per heavy atom. The molecule has 0 spiro atoms. The Morgan fingerprint density at radius 3 is 2.05 bits per heavy atom. The van der Waals surface area contributed by atoms with Gasteiger partial charge in [0.25, 0.3) is 0 Å². The molecule has 1 aromatic rings. The standard InChI is InChI=1S/C14H17F5N2/c1-7(2)5-8-6-21(4-3-20-8)14-12(18)10(16)9(15)11(17)13(14)19/h7-8,20H,3-6H2,1-2H3. The van der Waals surface area contributed by atoms with Crippen LogP contribution in [-0.2, 0) is 0 Å². The molecular formula is C14H17F5N2. The average Bonchev–Trinajstić information content (AvgIpc) is 2.43. The molecule has 1 aliphatic heterocycles. The van der Waals surface area contributed by atoms with Gasteiger partial charge in [0.2, 0.25) is 5.82 Å². The van der Waals surface area contributed by atoms with Crippen LogP contribution in [0.5, 0.6) is 0 Å². The van der Waals surface area contributed by atoms with Gasteiger partial charge in [-0.05, 0) is 12.3 Å². The van der Waals surface area contributed by atoms with Crippen molar-refractivity contribution in [3.8, 4) is 0 Å². The fourth-order valence-electron chi connectivity index (χ4n) is 2.63. The summed E-state index contributed by atoms with van der Waals surface area (Å²) in [5.74, 6) is -9.10. The average molecular weight is 308 g/mol. The summed E-state index contributed by atoms with van der Waals surface area (Å²) in [6, 6.07) is -0.0475. The molecule has 0 aliphatic carbocycles. The first-order chi connectivity index (χ1) is 9.82. The van der Waals surface area contributed by atoms with E-state index in [1.807, 2.05) is 13.8 Å². The first-order valence-corrected chi connectivity index (χ1v) is 6.82. The van der Waals surface area contributed by atoms with E-state index < -0.39 is 34.8 Å². The molecule has 7 heteroatoms. The minimum absolute atomic E-state index is 0.0475. The predicted molar refractivity (Wildman–Crippen MR) is 69.7 cm³/mol. The smallest absolute Gasteiger partial charge is 0.200 e. The number of nitrogens with zero attached hydrogens (tertiary/aromatic N) is 1. The van der Waals surface area contributed by atoms with Gasteiger partial charge in [-0.1, -0.05) is 13.8 Å². The summed E-state index contributed by atoms with van der Waals surface area (Å²) in [5.41, 5.74) is -0.832. The molecule has 1 atom stereocenters. The van der Waals surface area contributed by atoms with Gasteiger partial charge < -0.3 is 10.2 Å². The van der Waals surface area contributed by atoms with Crippen molar-refractivity contribution in [3.63, 3.8) is 0 Å². The van der Waals surface area contributed by atoms with Gasteiger partial charge in [0.05, 0.1) is 0 Å². The maximum atomic E-state index is 13.8. The summed E-state index contributed by atoms with van der Waals surface area (Å²) in [6.45, 7) is 4.82. The summed E-state index contributed by atoms with van der Waals surface area (Å²) in [5, 5.41) is 3.18. The van der Waals surface area contributed by atoms with E-state index in [9.17, 15) is 22.0 Å². The molecule has 0 aromatic heterocycles. The Bertz CT molecular complexity index is 504. The van der Waals surface area contributed by atoms with Gasteiger partial charge >= 0.3 is 0 Å². The Hall–Kier alpha value is -1.37. The molecule has 2 rings (SSSR count). The van der Waals surface area contributed by atoms with Crippen LogP contribution in [0, 0.1) is 35.0 Å². The highest BCUT2D eigenvalue weighted by atomic mass is 19.2. The van der Waals surface area contributed by atoms with Gasteiger partial charge in [-0.25, -0.2) is 22.0 Å². The second-order valence-corrected chi connectivity index (χ2v) is 5.65. The topological polar surface area (TPSA) is 15.3 Å². The molecule has 2 nitrogen and oxygen atoms in total. The zero-order chi connectivity index (χ0) is 15.7. The van der Waals surface area contributed by atoms with Crippen LogP contribution < -0.4 is 10.2 Å². The molecular weight excluding hydrogens is 291 g/mol. The Labute approximate surface area is 119 Å². The number of piperazine rings is 1. The van der Waals surface area contributed by atoms with Crippen molar-refractivity contribution >= 4 is 5.69 Å². The number of halogens is 5. The lowest BCUT2D eigenvalue weighted by Crippen LogP contribution is -2.51. The van der Waals surface area contributed by atoms with Crippen LogP contribution in [0.25, 0.3) is 0 Å². The fraction of sp³-hybridized carbons (Fsp3) is 0.571. The zero-order valence-electron chi connectivity index (χ0n) is 11.8. The molecule has 1 heterocycles. The van der Waals surface area contributed by atoms with Crippen molar-refractivity contribution in [3.05, 3.63) is 29.1 Å². The van der Waals surface area contributed by atoms with Gasteiger partial charge in [-0.2, -0.15) is 0 Å². The van der Waals surface area contributed by atoms with E-state index in [-0.39, 0.29) is 19.1 Å². The molecule has 0 saturated carbocycles. The van der Waals surface area contributed by atoms with Crippen LogP contribution in [0.15, 0.2) is 0 Å². The monoisotopic (exact) mass is 308 g/mol. The maximum absolute atomic E-state index is 13.8. The highest BCUT2D eigenvalue weighted by Crippen LogP contribution is 2.31. The second-order valence-electron chi connectivity index (χ2n) is 5.65. The summed E-state index contributed by atoms with van der Waals surface area (Å²) in [4.78, 5) is 1.22. The lowest BCUT2D eigenvalue weighted by Gasteiger charge is -2.36. The second kappa shape index (κ2) is 6.17. The summed E-state index contributed by atoms with van der Waals surface area (Å²) < 4.78 is 67.2. The van der Waals surface area contributed by atoms with E-state index >= 15 is 0 Å². The van der Waals surface area contributed by atoms with E-state index in [4.69, 9.17) is 0 Å². The van der Waals surface area contributed by atoms with Crippen molar-refractivity contribution in [2.45, 2.75) is 26.3 Å². The van der Waals surface area contributed by atoms with E-state index in [0.717, 1.165) is 6.42 Å². The van der Waals surface area contributed by atoms with Crippen molar-refractivity contribution in [1.82, 2.24) is 5.32 Å². The minimum Gasteiger partial charge on any atom is -0.364 e. The summed E-state index contributed by atoms with van der Waals surface area (Å²) >= 11 is 0. The van der Waals surface area contributed by atoms with Crippen molar-refractivity contribution < 1.29 is 22.0 Å². The number of hydrogen-bond donors (Lipinski definition) is 1. The number of benzene rings is 1. The quantitative estimate of drug-likeness (QED) is 0.524. The van der Waals surface area contributed by atoms with Crippen LogP contribution in [0.3, 0.4) is 0 Å². The third-order valence-corrected chi connectivity index (χ3v) is 3.51. The largest absolute Gasteiger partial charge is 0.364 e. The first-order valence-electron chi connectivity index (χ1n) is 6.82. The minimum atomic E-state index is -2.12. The summed E-state index contributed by atoms with van der Waals surface area (Å²) in [7, 11) is 0. The van der Waals surface area contributed by atoms with Crippen LogP contribution in [0.2, 0.25) is 0 Å². The third-order valence-electron chi connectivity index (χ3n) is 3.51. The van der Waals surface area contributed by atoms with Crippen LogP contribution >= 0.6 is 0 Å². The number of nitrogens with one attached hydrogen (secondary N) is 1. The SMILES string of the molecule is CC(C)CC1CN(c2c(F)c(F)c(F)c(F)c2F)CCN1. The fourth-order valence-corrected chi connectivity index (χ4v) is 2.63. The Kier molecular flexibility index (Phi) is 4.70. The first kappa shape index (κ1) is 16.0. The van der Waals surface area contributed by atoms with E-state index in [1.165, 1.54) is 4.90 Å². The molecule has 0 radical (unpaired) electrons. The summed E-state index contributed by atoms with van der Waals surface area (Å²) in [6.07, 6.45) is 0.756. The van der Waals surface area contributed by atoms with Crippen LogP contribution in [-0.4, -0.2) is 25.7 Å². The predicted octanol–water partition coefficient (Wildman–Crippen LogP) is 3.21. The van der Waals surface area contributed by atoms with Gasteiger partial charge in [-0.3, -0.25) is 0 Å². The molecule has 1 saturated heterocycles. The number of anilines is 1. The zero-order valence-corrected chi connectivity index (χ0v) is 11.8. The molecule has 1 aromatic carbocycles. The van der Waals surface area contributed by atoms with Crippen LogP contribution in [0.4, 0.5) is 27.6 Å². The number of hydrogen-bond acceptors (Lipinski definition) is 2. The molecule has 1 N–H and O–H groups in total. The highest BCUT2D eigenvalue weighted by Gasteiger charge is 2.31. The lowest BCUT2D eigenvalue weighted by atomic mass is 10.0. The molecule has 118 valence electrons. The van der Waals surface area contributed by atoms with Gasteiger partial charge in [0, 0.05) is 25.7 Å². The normalized spacial score (nSPS) is 19.4. The van der Waals surface area contributed by atoms with Crippen molar-refractivity contribution in [1.29, 1.82) is 0 Å². The molecule has 1 aliphatic rings. The van der Waals surface area contributed by atoms with E-state index in [0.29, 0.717) is 12.5 Å². The van der Waals surface area contributed by atoms with E-state index in [1.54, 1.807) is 0 Å².